The molecule has 6 nitrogen and oxygen atoms in total. The lowest BCUT2D eigenvalue weighted by atomic mass is 9.98. The molecule has 7 rings (SSSR count). The van der Waals surface area contributed by atoms with Gasteiger partial charge >= 0.3 is 0 Å². The van der Waals surface area contributed by atoms with Crippen molar-refractivity contribution in [3.05, 3.63) is 102 Å². The number of rotatable bonds is 7. The summed E-state index contributed by atoms with van der Waals surface area (Å²) in [5.74, 6) is -0.966. The molecule has 4 aromatic carbocycles. The van der Waals surface area contributed by atoms with E-state index in [1.54, 1.807) is 12.1 Å². The molecule has 2 saturated heterocycles. The van der Waals surface area contributed by atoms with Gasteiger partial charge in [-0.1, -0.05) is 24.3 Å². The van der Waals surface area contributed by atoms with Crippen LogP contribution in [-0.4, -0.2) is 53.6 Å². The zero-order valence-electron chi connectivity index (χ0n) is 23.8. The van der Waals surface area contributed by atoms with Gasteiger partial charge in [0.2, 0.25) is 0 Å². The van der Waals surface area contributed by atoms with E-state index >= 15 is 0 Å². The maximum atomic E-state index is 14.3. The third kappa shape index (κ3) is 5.86. The average molecular weight is 598 g/mol. The first-order chi connectivity index (χ1) is 21.4. The van der Waals surface area contributed by atoms with Crippen molar-refractivity contribution in [2.75, 3.05) is 26.2 Å². The third-order valence-corrected chi connectivity index (χ3v) is 8.18. The molecular weight excluding hydrogens is 567 g/mol. The Hall–Kier alpha value is -4.44. The minimum Gasteiger partial charge on any atom is -0.488 e. The monoisotopic (exact) mass is 597 g/mol. The van der Waals surface area contributed by atoms with Crippen molar-refractivity contribution in [3.8, 4) is 45.0 Å². The van der Waals surface area contributed by atoms with Crippen LogP contribution in [0.1, 0.15) is 12.8 Å². The Bertz CT molecular complexity index is 1830. The topological polar surface area (TPSA) is 66.9 Å². The number of hydroxylamine groups is 2. The van der Waals surface area contributed by atoms with Gasteiger partial charge in [-0.2, -0.15) is 5.06 Å². The summed E-state index contributed by atoms with van der Waals surface area (Å²) in [5.41, 5.74) is 4.85. The van der Waals surface area contributed by atoms with Gasteiger partial charge < -0.3 is 20.0 Å². The second kappa shape index (κ2) is 11.9. The van der Waals surface area contributed by atoms with E-state index in [-0.39, 0.29) is 18.0 Å². The Morgan fingerprint density at radius 1 is 0.727 bits per heavy atom. The molecule has 224 valence electrons. The first kappa shape index (κ1) is 28.3. The second-order valence-electron chi connectivity index (χ2n) is 11.3. The molecule has 1 aromatic heterocycles. The molecule has 2 aliphatic rings. The SMILES string of the molecule is ON1CC[C@H](Oc2ccc(-c3ccc4cc(O[C@H]5CCNC5)c(-c5ccc(F)c(F)c5)cc4n3)cc2-c2ccc(F)cc2)C1. The number of halogens is 3. The van der Waals surface area contributed by atoms with E-state index in [1.165, 1.54) is 29.3 Å². The van der Waals surface area contributed by atoms with Gasteiger partial charge in [0.15, 0.2) is 11.6 Å². The Morgan fingerprint density at radius 3 is 2.25 bits per heavy atom. The largest absolute Gasteiger partial charge is 0.488 e. The Morgan fingerprint density at radius 2 is 1.50 bits per heavy atom. The first-order valence-corrected chi connectivity index (χ1v) is 14.7. The van der Waals surface area contributed by atoms with E-state index in [0.29, 0.717) is 59.9 Å². The van der Waals surface area contributed by atoms with Crippen LogP contribution in [0.2, 0.25) is 0 Å². The number of nitrogens with one attached hydrogen (secondary N) is 1. The highest BCUT2D eigenvalue weighted by Gasteiger charge is 2.24. The highest BCUT2D eigenvalue weighted by atomic mass is 19.2. The number of pyridine rings is 1. The lowest BCUT2D eigenvalue weighted by molar-refractivity contribution is -0.0745. The molecule has 0 radical (unpaired) electrons. The summed E-state index contributed by atoms with van der Waals surface area (Å²) in [6.07, 6.45) is 1.34. The molecule has 3 heterocycles. The molecule has 0 saturated carbocycles. The maximum Gasteiger partial charge on any atom is 0.159 e. The van der Waals surface area contributed by atoms with Gasteiger partial charge in [-0.05, 0) is 84.8 Å². The quantitative estimate of drug-likeness (QED) is 0.206. The number of hydrogen-bond donors (Lipinski definition) is 2. The number of benzene rings is 4. The fourth-order valence-electron chi connectivity index (χ4n) is 5.84. The molecule has 0 bridgehead atoms. The molecular formula is C35H30F3N3O3. The van der Waals surface area contributed by atoms with Gasteiger partial charge in [0.25, 0.3) is 0 Å². The van der Waals surface area contributed by atoms with Crippen LogP contribution in [0.5, 0.6) is 11.5 Å². The van der Waals surface area contributed by atoms with Gasteiger partial charge in [0.1, 0.15) is 29.5 Å². The van der Waals surface area contributed by atoms with Crippen molar-refractivity contribution >= 4 is 10.9 Å². The first-order valence-electron chi connectivity index (χ1n) is 14.7. The van der Waals surface area contributed by atoms with E-state index < -0.39 is 11.6 Å². The lowest BCUT2D eigenvalue weighted by Gasteiger charge is -2.19. The summed E-state index contributed by atoms with van der Waals surface area (Å²) >= 11 is 0. The zero-order chi connectivity index (χ0) is 30.2. The fourth-order valence-corrected chi connectivity index (χ4v) is 5.84. The van der Waals surface area contributed by atoms with Crippen molar-refractivity contribution < 1.29 is 27.9 Å². The zero-order valence-corrected chi connectivity index (χ0v) is 23.8. The van der Waals surface area contributed by atoms with Crippen LogP contribution >= 0.6 is 0 Å². The van der Waals surface area contributed by atoms with Crippen LogP contribution in [0.25, 0.3) is 44.4 Å². The van der Waals surface area contributed by atoms with Gasteiger partial charge in [-0.3, -0.25) is 0 Å². The Kier molecular flexibility index (Phi) is 7.68. The van der Waals surface area contributed by atoms with Gasteiger partial charge in [0.05, 0.1) is 17.8 Å². The van der Waals surface area contributed by atoms with E-state index in [1.807, 2.05) is 42.5 Å². The summed E-state index contributed by atoms with van der Waals surface area (Å²) in [6.45, 7) is 2.50. The van der Waals surface area contributed by atoms with Crippen molar-refractivity contribution in [1.29, 1.82) is 0 Å². The Balaban J connectivity index is 1.30. The standard InChI is InChI=1S/C35H30F3N3O3/c36-25-6-1-21(2-7-25)28-15-23(5-10-34(28)44-27-12-14-41(42)20-27)32-9-4-24-17-35(43-26-11-13-39-19-26)29(18-33(24)40-32)22-3-8-30(37)31(38)16-22/h1-10,15-18,26-27,39,42H,11-14,19-20H2/t26-,27-/m0/s1. The van der Waals surface area contributed by atoms with Crippen molar-refractivity contribution in [2.24, 2.45) is 0 Å². The van der Waals surface area contributed by atoms with Crippen LogP contribution < -0.4 is 14.8 Å². The summed E-state index contributed by atoms with van der Waals surface area (Å²) in [4.78, 5) is 4.96. The van der Waals surface area contributed by atoms with Crippen LogP contribution in [0.3, 0.4) is 0 Å². The fraction of sp³-hybridized carbons (Fsp3) is 0.229. The molecule has 0 amide bonds. The lowest BCUT2D eigenvalue weighted by Crippen LogP contribution is -2.22. The average Bonchev–Trinajstić information content (AvgIpc) is 3.70. The normalized spacial score (nSPS) is 18.6. The summed E-state index contributed by atoms with van der Waals surface area (Å²) in [5, 5.41) is 15.2. The van der Waals surface area contributed by atoms with Crippen molar-refractivity contribution in [3.63, 3.8) is 0 Å². The summed E-state index contributed by atoms with van der Waals surface area (Å²) in [6, 6.07) is 23.4. The van der Waals surface area contributed by atoms with Crippen LogP contribution in [0.15, 0.2) is 84.9 Å². The van der Waals surface area contributed by atoms with Crippen LogP contribution in [0.4, 0.5) is 13.2 Å². The molecule has 9 heteroatoms. The van der Waals surface area contributed by atoms with Crippen LogP contribution in [-0.2, 0) is 0 Å². The van der Waals surface area contributed by atoms with E-state index in [2.05, 4.69) is 5.32 Å². The van der Waals surface area contributed by atoms with E-state index in [9.17, 15) is 18.4 Å². The molecule has 0 unspecified atom stereocenters. The number of ether oxygens (including phenoxy) is 2. The number of fused-ring (bicyclic) bond motifs is 1. The predicted molar refractivity (Wildman–Crippen MR) is 162 cm³/mol. The van der Waals surface area contributed by atoms with Crippen molar-refractivity contribution in [1.82, 2.24) is 15.4 Å². The number of hydrogen-bond acceptors (Lipinski definition) is 6. The van der Waals surface area contributed by atoms with Crippen LogP contribution in [0, 0.1) is 17.5 Å². The molecule has 5 aromatic rings. The molecule has 2 N–H and O–H groups in total. The molecule has 2 aliphatic heterocycles. The molecule has 2 fully saturated rings. The minimum atomic E-state index is -0.933. The smallest absolute Gasteiger partial charge is 0.159 e. The maximum absolute atomic E-state index is 14.3. The van der Waals surface area contributed by atoms with E-state index in [0.717, 1.165) is 41.1 Å². The molecule has 44 heavy (non-hydrogen) atoms. The molecule has 0 spiro atoms. The Labute approximate surface area is 252 Å². The third-order valence-electron chi connectivity index (χ3n) is 8.18. The highest BCUT2D eigenvalue weighted by Crippen LogP contribution is 2.38. The predicted octanol–water partition coefficient (Wildman–Crippen LogP) is 7.24. The second-order valence-corrected chi connectivity index (χ2v) is 11.3. The minimum absolute atomic E-state index is 0.0287. The highest BCUT2D eigenvalue weighted by molar-refractivity contribution is 5.90. The molecule has 2 atom stereocenters. The van der Waals surface area contributed by atoms with Gasteiger partial charge in [0, 0.05) is 41.6 Å². The molecule has 0 aliphatic carbocycles. The summed E-state index contributed by atoms with van der Waals surface area (Å²) < 4.78 is 54.5. The number of nitrogens with zero attached hydrogens (tertiary/aromatic N) is 2. The van der Waals surface area contributed by atoms with Gasteiger partial charge in [-0.15, -0.1) is 0 Å². The number of aromatic nitrogens is 1. The van der Waals surface area contributed by atoms with E-state index in [4.69, 9.17) is 14.5 Å². The van der Waals surface area contributed by atoms with Gasteiger partial charge in [-0.25, -0.2) is 18.2 Å². The summed E-state index contributed by atoms with van der Waals surface area (Å²) in [7, 11) is 0. The van der Waals surface area contributed by atoms with Crippen molar-refractivity contribution in [2.45, 2.75) is 25.0 Å².